The van der Waals surface area contributed by atoms with Gasteiger partial charge >= 0.3 is 0 Å². The van der Waals surface area contributed by atoms with E-state index in [1.165, 1.54) is 0 Å². The van der Waals surface area contributed by atoms with Gasteiger partial charge in [-0.2, -0.15) is 0 Å². The SMILES string of the molecule is CCNC(=O)C(C)Nc1cc(Cl)cc(Cl)c1. The summed E-state index contributed by atoms with van der Waals surface area (Å²) in [5.74, 6) is -0.0569. The van der Waals surface area contributed by atoms with Crippen molar-refractivity contribution < 1.29 is 4.79 Å². The van der Waals surface area contributed by atoms with Gasteiger partial charge in [0, 0.05) is 22.3 Å². The molecule has 0 aliphatic rings. The molecule has 0 aliphatic heterocycles. The number of carbonyl (C=O) groups is 1. The standard InChI is InChI=1S/C11H14Cl2N2O/c1-3-14-11(16)7(2)15-10-5-8(12)4-9(13)6-10/h4-7,15H,3H2,1-2H3,(H,14,16). The Hall–Kier alpha value is -0.930. The summed E-state index contributed by atoms with van der Waals surface area (Å²) in [5.41, 5.74) is 0.733. The Bertz CT molecular complexity index is 362. The molecule has 2 N–H and O–H groups in total. The number of hydrogen-bond donors (Lipinski definition) is 2. The third kappa shape index (κ3) is 3.91. The Morgan fingerprint density at radius 3 is 2.38 bits per heavy atom. The normalized spacial score (nSPS) is 12.0. The fourth-order valence-electron chi connectivity index (χ4n) is 1.28. The second-order valence-corrected chi connectivity index (χ2v) is 4.29. The van der Waals surface area contributed by atoms with Gasteiger partial charge in [-0.25, -0.2) is 0 Å². The highest BCUT2D eigenvalue weighted by atomic mass is 35.5. The molecule has 0 spiro atoms. The Balaban J connectivity index is 2.69. The van der Waals surface area contributed by atoms with Crippen molar-refractivity contribution in [3.05, 3.63) is 28.2 Å². The van der Waals surface area contributed by atoms with Crippen LogP contribution >= 0.6 is 23.2 Å². The van der Waals surface area contributed by atoms with Gasteiger partial charge < -0.3 is 10.6 Å². The predicted molar refractivity (Wildman–Crippen MR) is 68.2 cm³/mol. The number of amides is 1. The van der Waals surface area contributed by atoms with Crippen molar-refractivity contribution in [2.24, 2.45) is 0 Å². The molecule has 0 bridgehead atoms. The summed E-state index contributed by atoms with van der Waals surface area (Å²) in [5, 5.41) is 6.83. The lowest BCUT2D eigenvalue weighted by atomic mass is 10.2. The maximum atomic E-state index is 11.5. The van der Waals surface area contributed by atoms with E-state index < -0.39 is 0 Å². The molecular formula is C11H14Cl2N2O. The van der Waals surface area contributed by atoms with Crippen LogP contribution in [0.2, 0.25) is 10.0 Å². The average Bonchev–Trinajstić information content (AvgIpc) is 2.16. The lowest BCUT2D eigenvalue weighted by molar-refractivity contribution is -0.121. The van der Waals surface area contributed by atoms with Crippen molar-refractivity contribution in [3.8, 4) is 0 Å². The van der Waals surface area contributed by atoms with E-state index in [4.69, 9.17) is 23.2 Å². The van der Waals surface area contributed by atoms with E-state index in [0.717, 1.165) is 5.69 Å². The fraction of sp³-hybridized carbons (Fsp3) is 0.364. The summed E-state index contributed by atoms with van der Waals surface area (Å²) < 4.78 is 0. The number of likely N-dealkylation sites (N-methyl/N-ethyl adjacent to an activating group) is 1. The minimum atomic E-state index is -0.325. The molecule has 1 aromatic carbocycles. The molecule has 1 rings (SSSR count). The highest BCUT2D eigenvalue weighted by molar-refractivity contribution is 6.35. The van der Waals surface area contributed by atoms with Crippen molar-refractivity contribution in [3.63, 3.8) is 0 Å². The number of carbonyl (C=O) groups excluding carboxylic acids is 1. The van der Waals surface area contributed by atoms with E-state index in [1.54, 1.807) is 25.1 Å². The van der Waals surface area contributed by atoms with Gasteiger partial charge in [0.25, 0.3) is 0 Å². The Labute approximate surface area is 105 Å². The zero-order valence-electron chi connectivity index (χ0n) is 9.18. The van der Waals surface area contributed by atoms with Crippen molar-refractivity contribution in [2.45, 2.75) is 19.9 Å². The van der Waals surface area contributed by atoms with Gasteiger partial charge in [-0.15, -0.1) is 0 Å². The predicted octanol–water partition coefficient (Wildman–Crippen LogP) is 2.93. The number of benzene rings is 1. The zero-order valence-corrected chi connectivity index (χ0v) is 10.7. The summed E-state index contributed by atoms with van der Waals surface area (Å²) in [6, 6.07) is 4.77. The minimum Gasteiger partial charge on any atom is -0.374 e. The van der Waals surface area contributed by atoms with E-state index in [2.05, 4.69) is 10.6 Å². The van der Waals surface area contributed by atoms with Crippen molar-refractivity contribution in [1.82, 2.24) is 5.32 Å². The monoisotopic (exact) mass is 260 g/mol. The maximum absolute atomic E-state index is 11.5. The smallest absolute Gasteiger partial charge is 0.242 e. The van der Waals surface area contributed by atoms with Crippen LogP contribution in [-0.4, -0.2) is 18.5 Å². The molecule has 5 heteroatoms. The van der Waals surface area contributed by atoms with Crippen molar-refractivity contribution >= 4 is 34.8 Å². The Morgan fingerprint density at radius 2 is 1.88 bits per heavy atom. The molecule has 1 aromatic rings. The van der Waals surface area contributed by atoms with E-state index in [9.17, 15) is 4.79 Å². The van der Waals surface area contributed by atoms with Gasteiger partial charge in [0.05, 0.1) is 0 Å². The van der Waals surface area contributed by atoms with Crippen LogP contribution in [0.3, 0.4) is 0 Å². The first-order valence-corrected chi connectivity index (χ1v) is 5.79. The first-order chi connectivity index (χ1) is 7.52. The van der Waals surface area contributed by atoms with E-state index in [1.807, 2.05) is 6.92 Å². The molecule has 0 fully saturated rings. The molecule has 88 valence electrons. The molecule has 1 atom stereocenters. The quantitative estimate of drug-likeness (QED) is 0.874. The average molecular weight is 261 g/mol. The first kappa shape index (κ1) is 13.1. The molecule has 16 heavy (non-hydrogen) atoms. The molecule has 0 aromatic heterocycles. The zero-order chi connectivity index (χ0) is 12.1. The molecule has 1 unspecified atom stereocenters. The van der Waals surface area contributed by atoms with Crippen molar-refractivity contribution in [2.75, 3.05) is 11.9 Å². The van der Waals surface area contributed by atoms with Gasteiger partial charge in [0.2, 0.25) is 5.91 Å². The fourth-order valence-corrected chi connectivity index (χ4v) is 1.81. The van der Waals surface area contributed by atoms with Crippen LogP contribution in [0.25, 0.3) is 0 Å². The summed E-state index contributed by atoms with van der Waals surface area (Å²) in [4.78, 5) is 11.5. The molecule has 3 nitrogen and oxygen atoms in total. The largest absolute Gasteiger partial charge is 0.374 e. The van der Waals surface area contributed by atoms with Gasteiger partial charge in [0.15, 0.2) is 0 Å². The molecular weight excluding hydrogens is 247 g/mol. The molecule has 0 heterocycles. The number of nitrogens with one attached hydrogen (secondary N) is 2. The van der Waals surface area contributed by atoms with Crippen LogP contribution in [0.1, 0.15) is 13.8 Å². The van der Waals surface area contributed by atoms with E-state index in [0.29, 0.717) is 16.6 Å². The van der Waals surface area contributed by atoms with Crippen LogP contribution in [0.5, 0.6) is 0 Å². The lowest BCUT2D eigenvalue weighted by Gasteiger charge is -2.14. The molecule has 1 amide bonds. The molecule has 0 aliphatic carbocycles. The van der Waals surface area contributed by atoms with Gasteiger partial charge in [-0.3, -0.25) is 4.79 Å². The third-order valence-electron chi connectivity index (χ3n) is 1.99. The highest BCUT2D eigenvalue weighted by Crippen LogP contribution is 2.22. The summed E-state index contributed by atoms with van der Waals surface area (Å²) >= 11 is 11.7. The summed E-state index contributed by atoms with van der Waals surface area (Å²) in [7, 11) is 0. The number of halogens is 2. The second-order valence-electron chi connectivity index (χ2n) is 3.42. The molecule has 0 saturated heterocycles. The lowest BCUT2D eigenvalue weighted by Crippen LogP contribution is -2.37. The van der Waals surface area contributed by atoms with Crippen LogP contribution < -0.4 is 10.6 Å². The number of anilines is 1. The summed E-state index contributed by atoms with van der Waals surface area (Å²) in [6.07, 6.45) is 0. The first-order valence-electron chi connectivity index (χ1n) is 5.03. The maximum Gasteiger partial charge on any atom is 0.242 e. The number of rotatable bonds is 4. The van der Waals surface area contributed by atoms with Crippen LogP contribution in [-0.2, 0) is 4.79 Å². The van der Waals surface area contributed by atoms with Gasteiger partial charge in [0.1, 0.15) is 6.04 Å². The van der Waals surface area contributed by atoms with Crippen molar-refractivity contribution in [1.29, 1.82) is 0 Å². The molecule has 0 radical (unpaired) electrons. The second kappa shape index (κ2) is 5.97. The Morgan fingerprint density at radius 1 is 1.31 bits per heavy atom. The van der Waals surface area contributed by atoms with E-state index in [-0.39, 0.29) is 11.9 Å². The minimum absolute atomic E-state index is 0.0569. The van der Waals surface area contributed by atoms with E-state index >= 15 is 0 Å². The Kier molecular flexibility index (Phi) is 4.90. The third-order valence-corrected chi connectivity index (χ3v) is 2.43. The van der Waals surface area contributed by atoms with Crippen LogP contribution in [0, 0.1) is 0 Å². The highest BCUT2D eigenvalue weighted by Gasteiger charge is 2.11. The van der Waals surface area contributed by atoms with Crippen LogP contribution in [0.15, 0.2) is 18.2 Å². The van der Waals surface area contributed by atoms with Gasteiger partial charge in [-0.1, -0.05) is 23.2 Å². The molecule has 0 saturated carbocycles. The van der Waals surface area contributed by atoms with Crippen LogP contribution in [0.4, 0.5) is 5.69 Å². The summed E-state index contributed by atoms with van der Waals surface area (Å²) in [6.45, 7) is 4.27. The number of hydrogen-bond acceptors (Lipinski definition) is 2. The topological polar surface area (TPSA) is 41.1 Å². The van der Waals surface area contributed by atoms with Gasteiger partial charge in [-0.05, 0) is 32.0 Å².